The van der Waals surface area contributed by atoms with E-state index in [2.05, 4.69) is 11.7 Å². The number of ether oxygens (including phenoxy) is 1. The molecule has 110 valence electrons. The minimum Gasteiger partial charge on any atom is -0.485 e. The maximum atomic E-state index is 11.2. The summed E-state index contributed by atoms with van der Waals surface area (Å²) in [6.07, 6.45) is 1.47. The second kappa shape index (κ2) is 6.26. The Labute approximate surface area is 128 Å². The molecule has 1 aliphatic rings. The summed E-state index contributed by atoms with van der Waals surface area (Å²) in [4.78, 5) is 16.1. The van der Waals surface area contributed by atoms with Gasteiger partial charge in [-0.25, -0.2) is 4.79 Å². The largest absolute Gasteiger partial charge is 0.485 e. The highest BCUT2D eigenvalue weighted by molar-refractivity contribution is 6.04. The van der Waals surface area contributed by atoms with Gasteiger partial charge in [0.1, 0.15) is 11.9 Å². The van der Waals surface area contributed by atoms with E-state index >= 15 is 0 Å². The molecule has 2 aromatic rings. The van der Waals surface area contributed by atoms with Crippen molar-refractivity contribution >= 4 is 11.7 Å². The van der Waals surface area contributed by atoms with Crippen LogP contribution in [0.1, 0.15) is 23.7 Å². The van der Waals surface area contributed by atoms with Crippen molar-refractivity contribution < 1.29 is 14.4 Å². The van der Waals surface area contributed by atoms with Crippen molar-refractivity contribution in [1.29, 1.82) is 0 Å². The topological polar surface area (TPSA) is 47.9 Å². The van der Waals surface area contributed by atoms with Crippen molar-refractivity contribution in [2.75, 3.05) is 0 Å². The van der Waals surface area contributed by atoms with Crippen LogP contribution in [-0.2, 0) is 9.63 Å². The van der Waals surface area contributed by atoms with Crippen molar-refractivity contribution in [2.24, 2.45) is 5.16 Å². The summed E-state index contributed by atoms with van der Waals surface area (Å²) in [6, 6.07) is 17.5. The van der Waals surface area contributed by atoms with Crippen LogP contribution in [0, 0.1) is 0 Å². The fourth-order valence-corrected chi connectivity index (χ4v) is 2.37. The smallest absolute Gasteiger partial charge is 0.358 e. The first kappa shape index (κ1) is 14.1. The van der Waals surface area contributed by atoms with Crippen molar-refractivity contribution in [2.45, 2.75) is 12.5 Å². The maximum absolute atomic E-state index is 11.2. The molecule has 4 heteroatoms. The van der Waals surface area contributed by atoms with Crippen LogP contribution in [0.4, 0.5) is 0 Å². The number of hydrogen-bond donors (Lipinski definition) is 0. The minimum atomic E-state index is -0.576. The van der Waals surface area contributed by atoms with E-state index in [0.29, 0.717) is 12.1 Å². The lowest BCUT2D eigenvalue weighted by atomic mass is 9.96. The van der Waals surface area contributed by atoms with Crippen LogP contribution in [0.15, 0.2) is 72.4 Å². The summed E-state index contributed by atoms with van der Waals surface area (Å²) >= 11 is 0. The number of rotatable bonds is 3. The number of nitrogens with zero attached hydrogens (tertiary/aromatic N) is 1. The predicted molar refractivity (Wildman–Crippen MR) is 83.7 cm³/mol. The number of carbonyl (C=O) groups is 1. The maximum Gasteiger partial charge on any atom is 0.358 e. The summed E-state index contributed by atoms with van der Waals surface area (Å²) in [5, 5.41) is 3.99. The summed E-state index contributed by atoms with van der Waals surface area (Å²) < 4.78 is 6.04. The number of fused-ring (bicyclic) bond motifs is 1. The first-order chi connectivity index (χ1) is 10.8. The summed E-state index contributed by atoms with van der Waals surface area (Å²) in [5.41, 5.74) is 2.58. The first-order valence-electron chi connectivity index (χ1n) is 6.99. The molecule has 4 nitrogen and oxygen atoms in total. The number of carbonyl (C=O) groups excluding carboxylic acids is 1. The molecule has 0 bridgehead atoms. The second-order valence-corrected chi connectivity index (χ2v) is 4.87. The monoisotopic (exact) mass is 293 g/mol. The van der Waals surface area contributed by atoms with E-state index in [1.54, 1.807) is 0 Å². The molecule has 2 aromatic carbocycles. The molecule has 22 heavy (non-hydrogen) atoms. The van der Waals surface area contributed by atoms with E-state index in [9.17, 15) is 4.79 Å². The van der Waals surface area contributed by atoms with Gasteiger partial charge in [-0.3, -0.25) is 0 Å². The Morgan fingerprint density at radius 1 is 1.18 bits per heavy atom. The quantitative estimate of drug-likeness (QED) is 0.493. The van der Waals surface area contributed by atoms with E-state index in [-0.39, 0.29) is 6.10 Å². The SMILES string of the molecule is C=CC(=O)O/N=C1\C[C@@H](c2ccccc2)Oc2ccccc21. The van der Waals surface area contributed by atoms with Gasteiger partial charge < -0.3 is 9.57 Å². The lowest BCUT2D eigenvalue weighted by Crippen LogP contribution is -2.21. The number of oxime groups is 1. The van der Waals surface area contributed by atoms with Crippen LogP contribution in [0.5, 0.6) is 5.75 Å². The second-order valence-electron chi connectivity index (χ2n) is 4.87. The Kier molecular flexibility index (Phi) is 4.01. The molecule has 0 saturated carbocycles. The molecule has 0 aliphatic carbocycles. The lowest BCUT2D eigenvalue weighted by Gasteiger charge is -2.27. The van der Waals surface area contributed by atoms with Crippen LogP contribution in [0.25, 0.3) is 0 Å². The van der Waals surface area contributed by atoms with Crippen LogP contribution in [-0.4, -0.2) is 11.7 Å². The molecule has 0 N–H and O–H groups in total. The minimum absolute atomic E-state index is 0.155. The van der Waals surface area contributed by atoms with Crippen LogP contribution in [0.2, 0.25) is 0 Å². The first-order valence-corrected chi connectivity index (χ1v) is 6.99. The summed E-state index contributed by atoms with van der Waals surface area (Å²) in [5.74, 6) is 0.156. The molecule has 3 rings (SSSR count). The van der Waals surface area contributed by atoms with Crippen molar-refractivity contribution in [3.8, 4) is 5.75 Å². The molecule has 1 aliphatic heterocycles. The zero-order valence-corrected chi connectivity index (χ0v) is 11.9. The molecule has 1 heterocycles. The highest BCUT2D eigenvalue weighted by Crippen LogP contribution is 2.35. The average Bonchev–Trinajstić information content (AvgIpc) is 2.59. The molecule has 1 atom stereocenters. The molecule has 0 amide bonds. The lowest BCUT2D eigenvalue weighted by molar-refractivity contribution is -0.137. The summed E-state index contributed by atoms with van der Waals surface area (Å²) in [6.45, 7) is 3.36. The molecule has 0 spiro atoms. The molecule has 0 fully saturated rings. The molecular weight excluding hydrogens is 278 g/mol. The van der Waals surface area contributed by atoms with Crippen LogP contribution < -0.4 is 4.74 Å². The average molecular weight is 293 g/mol. The molecule has 0 saturated heterocycles. The van der Waals surface area contributed by atoms with Gasteiger partial charge in [0.2, 0.25) is 0 Å². The Bertz CT molecular complexity index is 722. The Hall–Kier alpha value is -2.88. The Morgan fingerprint density at radius 3 is 2.68 bits per heavy atom. The summed E-state index contributed by atoms with van der Waals surface area (Å²) in [7, 11) is 0. The van der Waals surface area contributed by atoms with Gasteiger partial charge in [-0.05, 0) is 17.7 Å². The molecular formula is C18H15NO3. The van der Waals surface area contributed by atoms with Crippen LogP contribution in [0.3, 0.4) is 0 Å². The highest BCUT2D eigenvalue weighted by Gasteiger charge is 2.26. The fraction of sp³-hybridized carbons (Fsp3) is 0.111. The highest BCUT2D eigenvalue weighted by atomic mass is 16.7. The van der Waals surface area contributed by atoms with Gasteiger partial charge in [-0.15, -0.1) is 0 Å². The third kappa shape index (κ3) is 2.91. The molecule has 0 unspecified atom stereocenters. The zero-order valence-electron chi connectivity index (χ0n) is 11.9. The van der Waals surface area contributed by atoms with Gasteiger partial charge in [0.05, 0.1) is 5.71 Å². The Balaban J connectivity index is 1.94. The number of benzene rings is 2. The van der Waals surface area contributed by atoms with E-state index in [1.807, 2.05) is 54.6 Å². The van der Waals surface area contributed by atoms with E-state index in [1.165, 1.54) is 0 Å². The van der Waals surface area contributed by atoms with Crippen LogP contribution >= 0.6 is 0 Å². The van der Waals surface area contributed by atoms with Gasteiger partial charge >= 0.3 is 5.97 Å². The van der Waals surface area contributed by atoms with Gasteiger partial charge in [-0.2, -0.15) is 0 Å². The van der Waals surface area contributed by atoms with Gasteiger partial charge in [0.25, 0.3) is 0 Å². The number of hydrogen-bond acceptors (Lipinski definition) is 4. The predicted octanol–water partition coefficient (Wildman–Crippen LogP) is 3.64. The standard InChI is InChI=1S/C18H15NO3/c1-2-18(20)22-19-15-12-17(13-8-4-3-5-9-13)21-16-11-7-6-10-14(15)16/h2-11,17H,1,12H2/b19-15+/t17-/m0/s1. The van der Waals surface area contributed by atoms with Gasteiger partial charge in [-0.1, -0.05) is 54.2 Å². The van der Waals surface area contributed by atoms with Gasteiger partial charge in [0.15, 0.2) is 0 Å². The van der Waals surface area contributed by atoms with E-state index in [0.717, 1.165) is 23.0 Å². The fourth-order valence-electron chi connectivity index (χ4n) is 2.37. The van der Waals surface area contributed by atoms with Crippen molar-refractivity contribution in [3.05, 3.63) is 78.4 Å². The number of para-hydroxylation sites is 1. The third-order valence-corrected chi connectivity index (χ3v) is 3.43. The van der Waals surface area contributed by atoms with Crippen molar-refractivity contribution in [3.63, 3.8) is 0 Å². The Morgan fingerprint density at radius 2 is 1.91 bits per heavy atom. The van der Waals surface area contributed by atoms with E-state index < -0.39 is 5.97 Å². The van der Waals surface area contributed by atoms with Gasteiger partial charge in [0, 0.05) is 18.1 Å². The third-order valence-electron chi connectivity index (χ3n) is 3.43. The normalized spacial score (nSPS) is 18.2. The van der Waals surface area contributed by atoms with E-state index in [4.69, 9.17) is 9.57 Å². The molecule has 0 radical (unpaired) electrons. The zero-order chi connectivity index (χ0) is 15.4. The molecule has 0 aromatic heterocycles. The van der Waals surface area contributed by atoms with Crippen molar-refractivity contribution in [1.82, 2.24) is 0 Å².